The van der Waals surface area contributed by atoms with E-state index in [1.54, 1.807) is 11.8 Å². The summed E-state index contributed by atoms with van der Waals surface area (Å²) in [5.74, 6) is 1.37. The van der Waals surface area contributed by atoms with Crippen LogP contribution in [0.1, 0.15) is 41.6 Å². The van der Waals surface area contributed by atoms with Crippen LogP contribution in [-0.4, -0.2) is 11.7 Å². The molecule has 0 radical (unpaired) electrons. The summed E-state index contributed by atoms with van der Waals surface area (Å²) in [6.07, 6.45) is 3.61. The van der Waals surface area contributed by atoms with Gasteiger partial charge in [0.15, 0.2) is 0 Å². The maximum absolute atomic E-state index is 12.2. The van der Waals surface area contributed by atoms with Gasteiger partial charge in [0.1, 0.15) is 0 Å². The van der Waals surface area contributed by atoms with Gasteiger partial charge in [-0.2, -0.15) is 0 Å². The number of nitrogens with one attached hydrogen (secondary N) is 1. The molecule has 4 heteroatoms. The summed E-state index contributed by atoms with van der Waals surface area (Å²) >= 11 is 7.50. The molecular formula is C20H22ClNOS. The van der Waals surface area contributed by atoms with Gasteiger partial charge in [0.2, 0.25) is 5.91 Å². The molecule has 0 saturated heterocycles. The highest BCUT2D eigenvalue weighted by atomic mass is 35.5. The molecule has 24 heavy (non-hydrogen) atoms. The number of hydrogen-bond donors (Lipinski definition) is 1. The Bertz CT molecular complexity index is 714. The van der Waals surface area contributed by atoms with Crippen LogP contribution < -0.4 is 5.32 Å². The molecule has 0 heterocycles. The molecule has 0 spiro atoms. The van der Waals surface area contributed by atoms with Crippen LogP contribution in [-0.2, 0) is 23.4 Å². The molecule has 0 saturated carbocycles. The van der Waals surface area contributed by atoms with E-state index in [4.69, 9.17) is 11.6 Å². The van der Waals surface area contributed by atoms with E-state index in [0.717, 1.165) is 10.8 Å². The molecule has 2 aromatic carbocycles. The zero-order valence-corrected chi connectivity index (χ0v) is 15.4. The first-order valence-electron chi connectivity index (χ1n) is 8.35. The summed E-state index contributed by atoms with van der Waals surface area (Å²) in [7, 11) is 0. The predicted molar refractivity (Wildman–Crippen MR) is 103 cm³/mol. The highest BCUT2D eigenvalue weighted by Crippen LogP contribution is 2.25. The smallest absolute Gasteiger partial charge is 0.230 e. The van der Waals surface area contributed by atoms with Crippen LogP contribution in [0.3, 0.4) is 0 Å². The zero-order chi connectivity index (χ0) is 16.9. The molecule has 1 aliphatic carbocycles. The van der Waals surface area contributed by atoms with Crippen molar-refractivity contribution in [1.29, 1.82) is 0 Å². The van der Waals surface area contributed by atoms with Gasteiger partial charge in [-0.25, -0.2) is 0 Å². The number of hydrogen-bond acceptors (Lipinski definition) is 2. The number of carbonyl (C=O) groups is 1. The average molecular weight is 360 g/mol. The van der Waals surface area contributed by atoms with Crippen molar-refractivity contribution in [3.05, 3.63) is 69.7 Å². The van der Waals surface area contributed by atoms with Crippen molar-refractivity contribution in [3.63, 3.8) is 0 Å². The first-order chi connectivity index (χ1) is 11.6. The molecule has 0 fully saturated rings. The maximum Gasteiger partial charge on any atom is 0.230 e. The number of rotatable bonds is 6. The Kier molecular flexibility index (Phi) is 5.85. The highest BCUT2D eigenvalue weighted by Gasteiger charge is 2.14. The standard InChI is InChI=1S/C20H22ClNOS/c1-14(17-8-7-16-3-2-4-18(16)11-17)22-20(23)13-24-12-15-5-9-19(21)10-6-15/h5-11,14H,2-4,12-13H2,1H3,(H,22,23)/t14-/m1/s1. The van der Waals surface area contributed by atoms with Crippen molar-refractivity contribution in [2.75, 3.05) is 5.75 Å². The van der Waals surface area contributed by atoms with Gasteiger partial charge in [0.25, 0.3) is 0 Å². The minimum Gasteiger partial charge on any atom is -0.349 e. The minimum absolute atomic E-state index is 0.0551. The van der Waals surface area contributed by atoms with Crippen molar-refractivity contribution in [2.24, 2.45) is 0 Å². The fourth-order valence-electron chi connectivity index (χ4n) is 3.07. The molecule has 0 aliphatic heterocycles. The molecule has 126 valence electrons. The molecule has 2 aromatic rings. The zero-order valence-electron chi connectivity index (χ0n) is 13.8. The van der Waals surface area contributed by atoms with E-state index in [1.165, 1.54) is 41.5 Å². The van der Waals surface area contributed by atoms with Gasteiger partial charge in [0.05, 0.1) is 11.8 Å². The van der Waals surface area contributed by atoms with Gasteiger partial charge in [-0.05, 0) is 60.6 Å². The van der Waals surface area contributed by atoms with Crippen molar-refractivity contribution in [1.82, 2.24) is 5.32 Å². The van der Waals surface area contributed by atoms with Crippen molar-refractivity contribution < 1.29 is 4.79 Å². The lowest BCUT2D eigenvalue weighted by atomic mass is 10.0. The van der Waals surface area contributed by atoms with E-state index in [2.05, 4.69) is 30.4 Å². The number of fused-ring (bicyclic) bond motifs is 1. The predicted octanol–water partition coefficient (Wildman–Crippen LogP) is 4.94. The average Bonchev–Trinajstić information content (AvgIpc) is 3.04. The molecule has 3 rings (SSSR count). The number of halogens is 1. The normalized spacial score (nSPS) is 14.2. The molecule has 0 bridgehead atoms. The van der Waals surface area contributed by atoms with E-state index < -0.39 is 0 Å². The fraction of sp³-hybridized carbons (Fsp3) is 0.350. The minimum atomic E-state index is 0.0551. The molecule has 1 amide bonds. The van der Waals surface area contributed by atoms with Gasteiger partial charge in [-0.1, -0.05) is 41.9 Å². The Labute approximate surface area is 153 Å². The number of thioether (sulfide) groups is 1. The summed E-state index contributed by atoms with van der Waals surface area (Å²) in [5.41, 5.74) is 5.30. The molecule has 0 aromatic heterocycles. The Morgan fingerprint density at radius 2 is 1.92 bits per heavy atom. The second-order valence-electron chi connectivity index (χ2n) is 6.29. The van der Waals surface area contributed by atoms with E-state index >= 15 is 0 Å². The second-order valence-corrected chi connectivity index (χ2v) is 7.71. The third kappa shape index (κ3) is 4.55. The Balaban J connectivity index is 1.46. The van der Waals surface area contributed by atoms with Gasteiger partial charge in [-0.15, -0.1) is 11.8 Å². The van der Waals surface area contributed by atoms with E-state index in [0.29, 0.717) is 5.75 Å². The Hall–Kier alpha value is -1.45. The van der Waals surface area contributed by atoms with E-state index in [-0.39, 0.29) is 11.9 Å². The van der Waals surface area contributed by atoms with Crippen molar-refractivity contribution in [2.45, 2.75) is 38.0 Å². The Morgan fingerprint density at radius 1 is 1.17 bits per heavy atom. The van der Waals surface area contributed by atoms with Crippen molar-refractivity contribution in [3.8, 4) is 0 Å². The lowest BCUT2D eigenvalue weighted by Gasteiger charge is -2.15. The number of aryl methyl sites for hydroxylation is 2. The Morgan fingerprint density at radius 3 is 2.71 bits per heavy atom. The summed E-state index contributed by atoms with van der Waals surface area (Å²) in [6.45, 7) is 2.05. The molecular weight excluding hydrogens is 338 g/mol. The first-order valence-corrected chi connectivity index (χ1v) is 9.88. The van der Waals surface area contributed by atoms with Crippen LogP contribution in [0.25, 0.3) is 0 Å². The molecule has 1 atom stereocenters. The number of benzene rings is 2. The van der Waals surface area contributed by atoms with Crippen LogP contribution in [0.4, 0.5) is 0 Å². The second kappa shape index (κ2) is 8.09. The van der Waals surface area contributed by atoms with Crippen LogP contribution in [0.2, 0.25) is 5.02 Å². The first kappa shape index (κ1) is 17.4. The van der Waals surface area contributed by atoms with Crippen LogP contribution in [0.15, 0.2) is 42.5 Å². The quantitative estimate of drug-likeness (QED) is 0.791. The summed E-state index contributed by atoms with van der Waals surface area (Å²) < 4.78 is 0. The number of carbonyl (C=O) groups excluding carboxylic acids is 1. The molecule has 2 nitrogen and oxygen atoms in total. The van der Waals surface area contributed by atoms with Gasteiger partial charge in [-0.3, -0.25) is 4.79 Å². The SMILES string of the molecule is C[C@@H](NC(=O)CSCc1ccc(Cl)cc1)c1ccc2c(c1)CCC2. The van der Waals surface area contributed by atoms with Gasteiger partial charge >= 0.3 is 0 Å². The summed E-state index contributed by atoms with van der Waals surface area (Å²) in [5, 5.41) is 3.84. The molecule has 0 unspecified atom stereocenters. The maximum atomic E-state index is 12.2. The fourth-order valence-corrected chi connectivity index (χ4v) is 3.99. The summed E-state index contributed by atoms with van der Waals surface area (Å²) in [6, 6.07) is 14.4. The van der Waals surface area contributed by atoms with Crippen LogP contribution in [0.5, 0.6) is 0 Å². The van der Waals surface area contributed by atoms with Crippen LogP contribution in [0, 0.1) is 0 Å². The van der Waals surface area contributed by atoms with Crippen molar-refractivity contribution >= 4 is 29.3 Å². The summed E-state index contributed by atoms with van der Waals surface area (Å²) in [4.78, 5) is 12.2. The largest absolute Gasteiger partial charge is 0.349 e. The van der Waals surface area contributed by atoms with Crippen LogP contribution >= 0.6 is 23.4 Å². The third-order valence-corrected chi connectivity index (χ3v) is 5.67. The number of amides is 1. The third-order valence-electron chi connectivity index (χ3n) is 4.42. The van der Waals surface area contributed by atoms with Gasteiger partial charge < -0.3 is 5.32 Å². The van der Waals surface area contributed by atoms with E-state index in [1.807, 2.05) is 24.3 Å². The topological polar surface area (TPSA) is 29.1 Å². The lowest BCUT2D eigenvalue weighted by Crippen LogP contribution is -2.28. The monoisotopic (exact) mass is 359 g/mol. The molecule has 1 aliphatic rings. The van der Waals surface area contributed by atoms with Gasteiger partial charge in [0, 0.05) is 10.8 Å². The highest BCUT2D eigenvalue weighted by molar-refractivity contribution is 7.99. The lowest BCUT2D eigenvalue weighted by molar-refractivity contribution is -0.119. The van der Waals surface area contributed by atoms with E-state index in [9.17, 15) is 4.79 Å². The molecule has 1 N–H and O–H groups in total.